The Hall–Kier alpha value is -1.50. The molecular weight excluding hydrogens is 208 g/mol. The van der Waals surface area contributed by atoms with Crippen molar-refractivity contribution in [1.29, 1.82) is 0 Å². The van der Waals surface area contributed by atoms with Gasteiger partial charge in [-0.3, -0.25) is 0 Å². The van der Waals surface area contributed by atoms with Crippen LogP contribution in [0.25, 0.3) is 0 Å². The molecule has 0 heterocycles. The van der Waals surface area contributed by atoms with E-state index in [0.717, 1.165) is 18.6 Å². The maximum atomic E-state index is 5.31. The summed E-state index contributed by atoms with van der Waals surface area (Å²) in [5, 5.41) is 0. The second-order valence-corrected chi connectivity index (χ2v) is 4.51. The van der Waals surface area contributed by atoms with E-state index in [0.29, 0.717) is 5.92 Å². The van der Waals surface area contributed by atoms with Crippen LogP contribution in [0.15, 0.2) is 54.3 Å². The van der Waals surface area contributed by atoms with Gasteiger partial charge in [-0.2, -0.15) is 0 Å². The molecule has 1 aliphatic carbocycles. The van der Waals surface area contributed by atoms with E-state index in [-0.39, 0.29) is 0 Å². The van der Waals surface area contributed by atoms with Crippen molar-refractivity contribution in [2.45, 2.75) is 25.7 Å². The highest BCUT2D eigenvalue weighted by molar-refractivity contribution is 5.18. The van der Waals surface area contributed by atoms with Crippen LogP contribution in [0, 0.1) is 5.92 Å². The van der Waals surface area contributed by atoms with Gasteiger partial charge in [-0.15, -0.1) is 0 Å². The van der Waals surface area contributed by atoms with E-state index in [2.05, 4.69) is 48.6 Å². The number of allylic oxidation sites excluding steroid dienone is 4. The Kier molecular flexibility index (Phi) is 4.43. The highest BCUT2D eigenvalue weighted by Crippen LogP contribution is 2.24. The first-order valence-electron chi connectivity index (χ1n) is 6.34. The Morgan fingerprint density at radius 3 is 2.88 bits per heavy atom. The number of ether oxygens (including phenoxy) is 1. The van der Waals surface area contributed by atoms with Gasteiger partial charge in [-0.1, -0.05) is 42.5 Å². The van der Waals surface area contributed by atoms with Crippen LogP contribution in [-0.4, -0.2) is 7.11 Å². The van der Waals surface area contributed by atoms with Crippen molar-refractivity contribution in [3.8, 4) is 0 Å². The van der Waals surface area contributed by atoms with Crippen LogP contribution in [0.4, 0.5) is 0 Å². The molecule has 1 aromatic rings. The average Bonchev–Trinajstić information content (AvgIpc) is 2.40. The minimum Gasteiger partial charge on any atom is -0.501 e. The molecule has 1 aromatic carbocycles. The van der Waals surface area contributed by atoms with E-state index in [1.54, 1.807) is 7.11 Å². The molecule has 2 rings (SSSR count). The van der Waals surface area contributed by atoms with Gasteiger partial charge in [0.25, 0.3) is 0 Å². The van der Waals surface area contributed by atoms with Gasteiger partial charge < -0.3 is 4.74 Å². The van der Waals surface area contributed by atoms with Crippen LogP contribution in [-0.2, 0) is 11.2 Å². The molecule has 1 aliphatic rings. The molecule has 1 atom stereocenters. The van der Waals surface area contributed by atoms with Crippen molar-refractivity contribution in [2.75, 3.05) is 7.11 Å². The monoisotopic (exact) mass is 228 g/mol. The van der Waals surface area contributed by atoms with Gasteiger partial charge in [-0.05, 0) is 36.8 Å². The van der Waals surface area contributed by atoms with Crippen LogP contribution in [0.5, 0.6) is 0 Å². The van der Waals surface area contributed by atoms with E-state index in [1.165, 1.54) is 18.4 Å². The lowest BCUT2D eigenvalue weighted by molar-refractivity contribution is 0.261. The van der Waals surface area contributed by atoms with Gasteiger partial charge in [0.1, 0.15) is 0 Å². The van der Waals surface area contributed by atoms with Gasteiger partial charge in [0.2, 0.25) is 0 Å². The minimum atomic E-state index is 0.558. The first-order chi connectivity index (χ1) is 8.38. The predicted octanol–water partition coefficient (Wildman–Crippen LogP) is 4.12. The zero-order valence-electron chi connectivity index (χ0n) is 10.4. The molecule has 17 heavy (non-hydrogen) atoms. The van der Waals surface area contributed by atoms with E-state index in [9.17, 15) is 0 Å². The molecule has 0 saturated carbocycles. The molecule has 0 aliphatic heterocycles. The first-order valence-corrected chi connectivity index (χ1v) is 6.34. The number of rotatable bonds is 4. The highest BCUT2D eigenvalue weighted by Gasteiger charge is 2.10. The van der Waals surface area contributed by atoms with Crippen LogP contribution < -0.4 is 0 Å². The van der Waals surface area contributed by atoms with E-state index < -0.39 is 0 Å². The van der Waals surface area contributed by atoms with Crippen molar-refractivity contribution in [3.05, 3.63) is 59.9 Å². The lowest BCUT2D eigenvalue weighted by Gasteiger charge is -2.17. The molecular formula is C16H20O. The first kappa shape index (κ1) is 12.0. The minimum absolute atomic E-state index is 0.558. The highest BCUT2D eigenvalue weighted by atomic mass is 16.5. The largest absolute Gasteiger partial charge is 0.501 e. The molecule has 1 heteroatoms. The standard InChI is InChI=1S/C16H20O/c1-17-16-12-6-11-15(13-16)10-5-9-14-7-3-2-4-8-14/h2-5,7-8,10,13,15H,6,9,11-12H2,1H3/b10-5+. The van der Waals surface area contributed by atoms with Crippen LogP contribution in [0.1, 0.15) is 24.8 Å². The molecule has 0 saturated heterocycles. The molecule has 0 spiro atoms. The molecule has 0 bridgehead atoms. The quantitative estimate of drug-likeness (QED) is 0.704. The molecule has 1 nitrogen and oxygen atoms in total. The van der Waals surface area contributed by atoms with Gasteiger partial charge in [-0.25, -0.2) is 0 Å². The summed E-state index contributed by atoms with van der Waals surface area (Å²) in [5.74, 6) is 1.70. The van der Waals surface area contributed by atoms with Crippen LogP contribution in [0.3, 0.4) is 0 Å². The van der Waals surface area contributed by atoms with Crippen molar-refractivity contribution < 1.29 is 4.74 Å². The average molecular weight is 228 g/mol. The second-order valence-electron chi connectivity index (χ2n) is 4.51. The molecule has 0 fully saturated rings. The summed E-state index contributed by atoms with van der Waals surface area (Å²) in [6.07, 6.45) is 11.4. The van der Waals surface area contributed by atoms with Crippen molar-refractivity contribution >= 4 is 0 Å². The summed E-state index contributed by atoms with van der Waals surface area (Å²) in [5.41, 5.74) is 1.37. The van der Waals surface area contributed by atoms with Gasteiger partial charge in [0.05, 0.1) is 12.9 Å². The third-order valence-corrected chi connectivity index (χ3v) is 3.20. The zero-order valence-corrected chi connectivity index (χ0v) is 10.4. The summed E-state index contributed by atoms with van der Waals surface area (Å²) in [7, 11) is 1.77. The smallest absolute Gasteiger partial charge is 0.0921 e. The molecule has 0 aromatic heterocycles. The van der Waals surface area contributed by atoms with Crippen LogP contribution in [0.2, 0.25) is 0 Å². The number of hydrogen-bond acceptors (Lipinski definition) is 1. The van der Waals surface area contributed by atoms with E-state index >= 15 is 0 Å². The summed E-state index contributed by atoms with van der Waals surface area (Å²) in [6, 6.07) is 10.6. The van der Waals surface area contributed by atoms with Gasteiger partial charge >= 0.3 is 0 Å². The maximum absolute atomic E-state index is 5.31. The Bertz CT molecular complexity index is 389. The summed E-state index contributed by atoms with van der Waals surface area (Å²) >= 11 is 0. The summed E-state index contributed by atoms with van der Waals surface area (Å²) in [4.78, 5) is 0. The fourth-order valence-electron chi connectivity index (χ4n) is 2.23. The fraction of sp³-hybridized carbons (Fsp3) is 0.375. The van der Waals surface area contributed by atoms with Crippen LogP contribution >= 0.6 is 0 Å². The van der Waals surface area contributed by atoms with Crippen molar-refractivity contribution in [3.63, 3.8) is 0 Å². The summed E-state index contributed by atoms with van der Waals surface area (Å²) < 4.78 is 5.31. The SMILES string of the molecule is COC1=CC(/C=C/Cc2ccccc2)CCC1. The Labute approximate surface area is 104 Å². The lowest BCUT2D eigenvalue weighted by Crippen LogP contribution is -2.03. The predicted molar refractivity (Wildman–Crippen MR) is 71.7 cm³/mol. The topological polar surface area (TPSA) is 9.23 Å². The lowest BCUT2D eigenvalue weighted by atomic mass is 9.94. The number of hydrogen-bond donors (Lipinski definition) is 0. The zero-order chi connectivity index (χ0) is 11.9. The van der Waals surface area contributed by atoms with Gasteiger partial charge in [0, 0.05) is 6.42 Å². The Morgan fingerprint density at radius 1 is 1.29 bits per heavy atom. The van der Waals surface area contributed by atoms with Crippen molar-refractivity contribution in [2.24, 2.45) is 5.92 Å². The Balaban J connectivity index is 1.88. The number of benzene rings is 1. The van der Waals surface area contributed by atoms with E-state index in [1.807, 2.05) is 0 Å². The number of methoxy groups -OCH3 is 1. The molecule has 90 valence electrons. The third kappa shape index (κ3) is 3.77. The normalized spacial score (nSPS) is 20.3. The molecule has 0 radical (unpaired) electrons. The maximum Gasteiger partial charge on any atom is 0.0921 e. The molecule has 1 unspecified atom stereocenters. The Morgan fingerprint density at radius 2 is 2.12 bits per heavy atom. The fourth-order valence-corrected chi connectivity index (χ4v) is 2.23. The molecule has 0 N–H and O–H groups in total. The van der Waals surface area contributed by atoms with Gasteiger partial charge in [0.15, 0.2) is 0 Å². The third-order valence-electron chi connectivity index (χ3n) is 3.20. The second kappa shape index (κ2) is 6.29. The summed E-state index contributed by atoms with van der Waals surface area (Å²) in [6.45, 7) is 0. The van der Waals surface area contributed by atoms with E-state index in [4.69, 9.17) is 4.74 Å². The van der Waals surface area contributed by atoms with Crippen molar-refractivity contribution in [1.82, 2.24) is 0 Å². The molecule has 0 amide bonds.